The fraction of sp³-hybridized carbons (Fsp3) is 0.500. The van der Waals surface area contributed by atoms with Gasteiger partial charge in [0.05, 0.1) is 6.61 Å². The van der Waals surface area contributed by atoms with E-state index in [1.54, 1.807) is 12.1 Å². The molecule has 1 spiro atoms. The molecule has 3 N–H and O–H groups in total. The number of nitrogens with one attached hydrogen (secondary N) is 1. The van der Waals surface area contributed by atoms with Crippen molar-refractivity contribution in [3.63, 3.8) is 0 Å². The Hall–Kier alpha value is -3.98. The predicted molar refractivity (Wildman–Crippen MR) is 182 cm³/mol. The van der Waals surface area contributed by atoms with E-state index in [2.05, 4.69) is 24.1 Å². The summed E-state index contributed by atoms with van der Waals surface area (Å²) in [5.74, 6) is 0.903. The second kappa shape index (κ2) is 12.8. The number of aromatic nitrogens is 1. The zero-order valence-corrected chi connectivity index (χ0v) is 28.2. The molecule has 3 aromatic rings. The highest BCUT2D eigenvalue weighted by Crippen LogP contribution is 2.58. The van der Waals surface area contributed by atoms with Crippen molar-refractivity contribution in [3.05, 3.63) is 76.1 Å². The number of carboxylic acids is 2. The lowest BCUT2D eigenvalue weighted by Crippen LogP contribution is -2.53. The van der Waals surface area contributed by atoms with E-state index < -0.39 is 23.6 Å². The molecular formula is C38H43ClN2O7. The summed E-state index contributed by atoms with van der Waals surface area (Å²) in [5.41, 5.74) is 3.96. The molecule has 254 valence electrons. The van der Waals surface area contributed by atoms with E-state index in [4.69, 9.17) is 25.8 Å². The van der Waals surface area contributed by atoms with Gasteiger partial charge in [-0.1, -0.05) is 31.5 Å². The molecule has 3 aliphatic carbocycles. The fourth-order valence-corrected chi connectivity index (χ4v) is 8.98. The number of fused-ring (bicyclic) bond motifs is 4. The SMILES string of the molecule is C[C@@H](COc1ccnc2c1[C@H](C)CCC2)CC1Cc2cc3c(cc2C12CCC(Nc1cccc(Cl)c1)(C(=O)O)CC2)OCC(C(=O)O)O3. The summed E-state index contributed by atoms with van der Waals surface area (Å²) in [7, 11) is 0. The van der Waals surface area contributed by atoms with Gasteiger partial charge in [0.25, 0.3) is 0 Å². The van der Waals surface area contributed by atoms with Crippen molar-refractivity contribution in [1.82, 2.24) is 4.98 Å². The molecule has 9 nitrogen and oxygen atoms in total. The van der Waals surface area contributed by atoms with Crippen molar-refractivity contribution in [2.75, 3.05) is 18.5 Å². The lowest BCUT2D eigenvalue weighted by atomic mass is 9.59. The lowest BCUT2D eigenvalue weighted by Gasteiger charge is -2.47. The summed E-state index contributed by atoms with van der Waals surface area (Å²) in [6, 6.07) is 13.2. The van der Waals surface area contributed by atoms with Crippen molar-refractivity contribution in [1.29, 1.82) is 0 Å². The molecule has 0 saturated heterocycles. The van der Waals surface area contributed by atoms with Gasteiger partial charge in [0.2, 0.25) is 6.10 Å². The minimum absolute atomic E-state index is 0.0606. The Morgan fingerprint density at radius 3 is 2.69 bits per heavy atom. The van der Waals surface area contributed by atoms with E-state index in [-0.39, 0.29) is 23.9 Å². The largest absolute Gasteiger partial charge is 0.493 e. The molecule has 4 atom stereocenters. The zero-order valence-electron chi connectivity index (χ0n) is 27.5. The van der Waals surface area contributed by atoms with Crippen molar-refractivity contribution < 1.29 is 34.0 Å². The van der Waals surface area contributed by atoms with Gasteiger partial charge >= 0.3 is 11.9 Å². The highest BCUT2D eigenvalue weighted by molar-refractivity contribution is 6.30. The number of hydrogen-bond donors (Lipinski definition) is 3. The van der Waals surface area contributed by atoms with Gasteiger partial charge in [0.15, 0.2) is 11.5 Å². The molecule has 7 rings (SSSR count). The van der Waals surface area contributed by atoms with Gasteiger partial charge in [-0.15, -0.1) is 0 Å². The van der Waals surface area contributed by atoms with E-state index >= 15 is 0 Å². The highest BCUT2D eigenvalue weighted by Gasteiger charge is 2.54. The summed E-state index contributed by atoms with van der Waals surface area (Å²) in [5, 5.41) is 24.0. The van der Waals surface area contributed by atoms with Gasteiger partial charge in [-0.3, -0.25) is 4.98 Å². The molecule has 48 heavy (non-hydrogen) atoms. The van der Waals surface area contributed by atoms with E-state index in [1.165, 1.54) is 5.56 Å². The lowest BCUT2D eigenvalue weighted by molar-refractivity contribution is -0.147. The Bertz CT molecular complexity index is 1720. The quantitative estimate of drug-likeness (QED) is 0.212. The Morgan fingerprint density at radius 1 is 1.12 bits per heavy atom. The molecule has 0 bridgehead atoms. The van der Waals surface area contributed by atoms with Crippen molar-refractivity contribution in [3.8, 4) is 17.2 Å². The molecule has 2 unspecified atom stereocenters. The van der Waals surface area contributed by atoms with Crippen LogP contribution < -0.4 is 19.5 Å². The first-order valence-corrected chi connectivity index (χ1v) is 17.5. The fourth-order valence-electron chi connectivity index (χ4n) is 8.79. The number of halogens is 1. The molecule has 0 radical (unpaired) electrons. The van der Waals surface area contributed by atoms with Crippen LogP contribution in [-0.4, -0.2) is 52.0 Å². The summed E-state index contributed by atoms with van der Waals surface area (Å²) >= 11 is 6.25. The third-order valence-corrected chi connectivity index (χ3v) is 11.5. The summed E-state index contributed by atoms with van der Waals surface area (Å²) in [4.78, 5) is 29.2. The van der Waals surface area contributed by atoms with E-state index in [9.17, 15) is 19.8 Å². The van der Waals surface area contributed by atoms with Crippen LogP contribution in [0.2, 0.25) is 5.02 Å². The smallest absolute Gasteiger partial charge is 0.348 e. The van der Waals surface area contributed by atoms with Crippen LogP contribution in [0.1, 0.15) is 87.1 Å². The molecular weight excluding hydrogens is 632 g/mol. The van der Waals surface area contributed by atoms with Crippen LogP contribution in [0.3, 0.4) is 0 Å². The van der Waals surface area contributed by atoms with Crippen molar-refractivity contribution >= 4 is 29.2 Å². The first-order chi connectivity index (χ1) is 23.1. The van der Waals surface area contributed by atoms with Gasteiger partial charge in [0.1, 0.15) is 17.9 Å². The number of aryl methyl sites for hydroxylation is 1. The van der Waals surface area contributed by atoms with Crippen LogP contribution in [0, 0.1) is 11.8 Å². The molecule has 0 amide bonds. The summed E-state index contributed by atoms with van der Waals surface area (Å²) in [6.45, 7) is 5.00. The Kier molecular flexibility index (Phi) is 8.69. The van der Waals surface area contributed by atoms with Crippen LogP contribution in [0.25, 0.3) is 0 Å². The van der Waals surface area contributed by atoms with E-state index in [1.807, 2.05) is 36.5 Å². The standard InChI is InChI=1S/C38H43ClN2O7/c1-22(20-46-30-9-14-40-29-8-3-5-23(2)34(29)30)15-25-16-24-17-32-31(47-21-33(48-32)35(42)43)19-28(24)37(25)10-12-38(13-11-37,36(44)45)41-27-7-4-6-26(39)18-27/h4,6-7,9,14,17-19,22-23,25,33,41H,3,5,8,10-13,15-16,20-21H2,1-2H3,(H,42,43)(H,44,45)/t22-,23-,25?,33?,37?,38?/m1/s1. The average Bonchev–Trinajstić information content (AvgIpc) is 3.34. The molecule has 1 fully saturated rings. The van der Waals surface area contributed by atoms with Gasteiger partial charge < -0.3 is 29.7 Å². The molecule has 2 heterocycles. The summed E-state index contributed by atoms with van der Waals surface area (Å²) < 4.78 is 18.3. The first kappa shape index (κ1) is 32.6. The maximum atomic E-state index is 12.9. The molecule has 10 heteroatoms. The van der Waals surface area contributed by atoms with Crippen LogP contribution in [0.5, 0.6) is 17.2 Å². The maximum Gasteiger partial charge on any atom is 0.348 e. The van der Waals surface area contributed by atoms with Crippen LogP contribution >= 0.6 is 11.6 Å². The molecule has 1 saturated carbocycles. The summed E-state index contributed by atoms with van der Waals surface area (Å²) in [6.07, 6.45) is 7.99. The van der Waals surface area contributed by atoms with E-state index in [0.717, 1.165) is 54.7 Å². The number of carboxylic acid groups (broad SMARTS) is 2. The topological polar surface area (TPSA) is 127 Å². The van der Waals surface area contributed by atoms with Crippen LogP contribution in [0.15, 0.2) is 48.7 Å². The molecule has 1 aromatic heterocycles. The zero-order chi connectivity index (χ0) is 33.6. The number of pyridine rings is 1. The Balaban J connectivity index is 1.15. The third-order valence-electron chi connectivity index (χ3n) is 11.3. The number of carbonyl (C=O) groups is 2. The van der Waals surface area contributed by atoms with Crippen LogP contribution in [-0.2, 0) is 27.8 Å². The van der Waals surface area contributed by atoms with Gasteiger partial charge in [0, 0.05) is 28.2 Å². The average molecular weight is 675 g/mol. The van der Waals surface area contributed by atoms with Crippen molar-refractivity contribution in [2.45, 2.75) is 94.6 Å². The third kappa shape index (κ3) is 5.95. The highest BCUT2D eigenvalue weighted by atomic mass is 35.5. The Morgan fingerprint density at radius 2 is 1.94 bits per heavy atom. The normalized spacial score (nSPS) is 27.9. The number of anilines is 1. The number of rotatable bonds is 9. The number of hydrogen-bond acceptors (Lipinski definition) is 7. The predicted octanol–water partition coefficient (Wildman–Crippen LogP) is 7.42. The van der Waals surface area contributed by atoms with E-state index in [0.29, 0.717) is 60.4 Å². The van der Waals surface area contributed by atoms with Crippen molar-refractivity contribution in [2.24, 2.45) is 11.8 Å². The van der Waals surface area contributed by atoms with Crippen LogP contribution in [0.4, 0.5) is 5.69 Å². The molecule has 1 aliphatic heterocycles. The second-order valence-electron chi connectivity index (χ2n) is 14.4. The van der Waals surface area contributed by atoms with Gasteiger partial charge in [-0.25, -0.2) is 9.59 Å². The minimum atomic E-state index is -1.13. The maximum absolute atomic E-state index is 12.9. The minimum Gasteiger partial charge on any atom is -0.493 e. The monoisotopic (exact) mass is 674 g/mol. The number of aliphatic carboxylic acids is 2. The number of ether oxygens (including phenoxy) is 3. The van der Waals surface area contributed by atoms with Gasteiger partial charge in [-0.2, -0.15) is 0 Å². The molecule has 2 aromatic carbocycles. The Labute approximate surface area is 286 Å². The molecule has 4 aliphatic rings. The second-order valence-corrected chi connectivity index (χ2v) is 14.8. The number of benzene rings is 2. The van der Waals surface area contributed by atoms with Gasteiger partial charge in [-0.05, 0) is 128 Å². The first-order valence-electron chi connectivity index (χ1n) is 17.1. The number of nitrogens with zero attached hydrogens (tertiary/aromatic N) is 1.